The van der Waals surface area contributed by atoms with E-state index in [1.165, 1.54) is 6.07 Å². The fourth-order valence-electron chi connectivity index (χ4n) is 2.62. The lowest BCUT2D eigenvalue weighted by Gasteiger charge is -2.12. The Kier molecular flexibility index (Phi) is 3.44. The Morgan fingerprint density at radius 2 is 1.90 bits per heavy atom. The zero-order valence-electron chi connectivity index (χ0n) is 11.2. The minimum absolute atomic E-state index is 0.331. The first kappa shape index (κ1) is 13.4. The van der Waals surface area contributed by atoms with Gasteiger partial charge in [0.1, 0.15) is 5.82 Å². The number of carboxylic acid groups (broad SMARTS) is 1. The van der Waals surface area contributed by atoms with Gasteiger partial charge in [0.25, 0.3) is 0 Å². The Hall–Kier alpha value is -2.62. The number of aliphatic carboxylic acids is 1. The molecule has 1 aromatic heterocycles. The zero-order valence-corrected chi connectivity index (χ0v) is 11.2. The molecule has 0 aliphatic heterocycles. The van der Waals surface area contributed by atoms with Gasteiger partial charge >= 0.3 is 5.97 Å². The van der Waals surface area contributed by atoms with Crippen LogP contribution in [0, 0.1) is 5.82 Å². The van der Waals surface area contributed by atoms with E-state index >= 15 is 0 Å². The topological polar surface area (TPSA) is 53.1 Å². The number of aromatic amines is 1. The van der Waals surface area contributed by atoms with Gasteiger partial charge in [0.2, 0.25) is 0 Å². The predicted molar refractivity (Wildman–Crippen MR) is 78.8 cm³/mol. The van der Waals surface area contributed by atoms with Crippen LogP contribution < -0.4 is 0 Å². The van der Waals surface area contributed by atoms with Crippen LogP contribution in [0.4, 0.5) is 4.39 Å². The van der Waals surface area contributed by atoms with Gasteiger partial charge in [-0.05, 0) is 29.7 Å². The van der Waals surface area contributed by atoms with Gasteiger partial charge in [-0.15, -0.1) is 0 Å². The van der Waals surface area contributed by atoms with Crippen LogP contribution in [0.3, 0.4) is 0 Å². The molecule has 2 aromatic carbocycles. The molecule has 1 heterocycles. The fraction of sp³-hybridized carbons (Fsp3) is 0.118. The summed E-state index contributed by atoms with van der Waals surface area (Å²) in [4.78, 5) is 14.6. The molecule has 3 nitrogen and oxygen atoms in total. The maximum atomic E-state index is 14.0. The molecule has 21 heavy (non-hydrogen) atoms. The van der Waals surface area contributed by atoms with Crippen LogP contribution in [-0.2, 0) is 11.2 Å². The highest BCUT2D eigenvalue weighted by Gasteiger charge is 2.24. The number of carboxylic acids is 1. The average Bonchev–Trinajstić information content (AvgIpc) is 2.91. The molecule has 0 spiro atoms. The minimum Gasteiger partial charge on any atom is -0.481 e. The van der Waals surface area contributed by atoms with Crippen molar-refractivity contribution in [2.75, 3.05) is 0 Å². The molecule has 3 rings (SSSR count). The van der Waals surface area contributed by atoms with E-state index in [1.54, 1.807) is 18.3 Å². The van der Waals surface area contributed by atoms with Gasteiger partial charge in [0.15, 0.2) is 0 Å². The lowest BCUT2D eigenvalue weighted by Crippen LogP contribution is -2.14. The van der Waals surface area contributed by atoms with E-state index in [1.807, 2.05) is 30.3 Å². The Bertz CT molecular complexity index is 780. The molecule has 0 fully saturated rings. The highest BCUT2D eigenvalue weighted by Crippen LogP contribution is 2.30. The summed E-state index contributed by atoms with van der Waals surface area (Å²) in [6.45, 7) is 0. The van der Waals surface area contributed by atoms with Gasteiger partial charge in [0.05, 0.1) is 5.92 Å². The number of aromatic nitrogens is 1. The van der Waals surface area contributed by atoms with Gasteiger partial charge in [0, 0.05) is 17.1 Å². The molecule has 106 valence electrons. The van der Waals surface area contributed by atoms with E-state index in [0.29, 0.717) is 22.9 Å². The standard InChI is InChI=1S/C17H14FNO2/c18-14-7-4-8-15-16(14)13(10-19-15)12(17(20)21)9-11-5-2-1-3-6-11/h1-8,10,12,19H,9H2,(H,20,21). The molecule has 2 N–H and O–H groups in total. The van der Waals surface area contributed by atoms with Crippen LogP contribution in [0.2, 0.25) is 0 Å². The summed E-state index contributed by atoms with van der Waals surface area (Å²) in [7, 11) is 0. The van der Waals surface area contributed by atoms with E-state index in [-0.39, 0.29) is 0 Å². The summed E-state index contributed by atoms with van der Waals surface area (Å²) >= 11 is 0. The highest BCUT2D eigenvalue weighted by molar-refractivity contribution is 5.90. The second-order valence-electron chi connectivity index (χ2n) is 4.99. The third-order valence-corrected chi connectivity index (χ3v) is 3.64. The van der Waals surface area contributed by atoms with Crippen LogP contribution >= 0.6 is 0 Å². The number of hydrogen-bond acceptors (Lipinski definition) is 1. The Balaban J connectivity index is 2.06. The van der Waals surface area contributed by atoms with E-state index in [9.17, 15) is 14.3 Å². The van der Waals surface area contributed by atoms with Crippen molar-refractivity contribution in [2.45, 2.75) is 12.3 Å². The monoisotopic (exact) mass is 283 g/mol. The molecule has 0 aliphatic rings. The van der Waals surface area contributed by atoms with Crippen LogP contribution in [0.1, 0.15) is 17.0 Å². The van der Waals surface area contributed by atoms with Gasteiger partial charge in [-0.1, -0.05) is 36.4 Å². The number of rotatable bonds is 4. The van der Waals surface area contributed by atoms with Crippen molar-refractivity contribution in [3.8, 4) is 0 Å². The lowest BCUT2D eigenvalue weighted by molar-refractivity contribution is -0.138. The van der Waals surface area contributed by atoms with Crippen LogP contribution in [0.25, 0.3) is 10.9 Å². The Morgan fingerprint density at radius 1 is 1.14 bits per heavy atom. The van der Waals surface area contributed by atoms with Crippen molar-refractivity contribution in [1.29, 1.82) is 0 Å². The van der Waals surface area contributed by atoms with Gasteiger partial charge in [-0.25, -0.2) is 4.39 Å². The van der Waals surface area contributed by atoms with Crippen LogP contribution in [-0.4, -0.2) is 16.1 Å². The molecular weight excluding hydrogens is 269 g/mol. The number of fused-ring (bicyclic) bond motifs is 1. The summed E-state index contributed by atoms with van der Waals surface area (Å²) in [5.74, 6) is -2.14. The Morgan fingerprint density at radius 3 is 2.62 bits per heavy atom. The normalized spacial score (nSPS) is 12.4. The molecule has 4 heteroatoms. The average molecular weight is 283 g/mol. The molecule has 3 aromatic rings. The van der Waals surface area contributed by atoms with E-state index < -0.39 is 17.7 Å². The molecule has 0 radical (unpaired) electrons. The summed E-state index contributed by atoms with van der Waals surface area (Å²) in [5.41, 5.74) is 2.01. The molecule has 0 amide bonds. The number of halogens is 1. The summed E-state index contributed by atoms with van der Waals surface area (Å²) < 4.78 is 14.0. The lowest BCUT2D eigenvalue weighted by atomic mass is 9.91. The number of carbonyl (C=O) groups is 1. The molecular formula is C17H14FNO2. The molecule has 0 bridgehead atoms. The fourth-order valence-corrected chi connectivity index (χ4v) is 2.62. The molecule has 0 saturated heterocycles. The number of H-pyrrole nitrogens is 1. The highest BCUT2D eigenvalue weighted by atomic mass is 19.1. The quantitative estimate of drug-likeness (QED) is 0.766. The maximum absolute atomic E-state index is 14.0. The van der Waals surface area contributed by atoms with Crippen molar-refractivity contribution in [3.63, 3.8) is 0 Å². The molecule has 0 saturated carbocycles. The van der Waals surface area contributed by atoms with E-state index in [2.05, 4.69) is 4.98 Å². The SMILES string of the molecule is O=C(O)C(Cc1ccccc1)c1c[nH]c2cccc(F)c12. The van der Waals surface area contributed by atoms with Crippen molar-refractivity contribution in [2.24, 2.45) is 0 Å². The smallest absolute Gasteiger partial charge is 0.311 e. The zero-order chi connectivity index (χ0) is 14.8. The largest absolute Gasteiger partial charge is 0.481 e. The second kappa shape index (κ2) is 5.40. The third kappa shape index (κ3) is 2.52. The Labute approximate surface area is 121 Å². The van der Waals surface area contributed by atoms with E-state index in [4.69, 9.17) is 0 Å². The maximum Gasteiger partial charge on any atom is 0.311 e. The second-order valence-corrected chi connectivity index (χ2v) is 4.99. The molecule has 0 aliphatic carbocycles. The van der Waals surface area contributed by atoms with Gasteiger partial charge in [-0.3, -0.25) is 4.79 Å². The number of hydrogen-bond donors (Lipinski definition) is 2. The molecule has 1 unspecified atom stereocenters. The summed E-state index contributed by atoms with van der Waals surface area (Å²) in [6.07, 6.45) is 1.92. The number of benzene rings is 2. The van der Waals surface area contributed by atoms with Crippen molar-refractivity contribution in [1.82, 2.24) is 4.98 Å². The first-order valence-corrected chi connectivity index (χ1v) is 6.69. The predicted octanol–water partition coefficient (Wildman–Crippen LogP) is 3.72. The first-order valence-electron chi connectivity index (χ1n) is 6.69. The van der Waals surface area contributed by atoms with Crippen LogP contribution in [0.15, 0.2) is 54.7 Å². The summed E-state index contributed by atoms with van der Waals surface area (Å²) in [5, 5.41) is 9.88. The minimum atomic E-state index is -0.956. The van der Waals surface area contributed by atoms with Crippen LogP contribution in [0.5, 0.6) is 0 Å². The van der Waals surface area contributed by atoms with E-state index in [0.717, 1.165) is 5.56 Å². The third-order valence-electron chi connectivity index (χ3n) is 3.64. The van der Waals surface area contributed by atoms with Crippen molar-refractivity contribution in [3.05, 3.63) is 71.7 Å². The first-order chi connectivity index (χ1) is 10.2. The van der Waals surface area contributed by atoms with Gasteiger partial charge in [-0.2, -0.15) is 0 Å². The molecule has 1 atom stereocenters. The van der Waals surface area contributed by atoms with Crippen molar-refractivity contribution < 1.29 is 14.3 Å². The number of nitrogens with one attached hydrogen (secondary N) is 1. The van der Waals surface area contributed by atoms with Crippen molar-refractivity contribution >= 4 is 16.9 Å². The summed E-state index contributed by atoms with van der Waals surface area (Å²) in [6, 6.07) is 14.1. The van der Waals surface area contributed by atoms with Gasteiger partial charge < -0.3 is 10.1 Å².